The lowest BCUT2D eigenvalue weighted by molar-refractivity contribution is 0.125. The second kappa shape index (κ2) is 4.98. The molecule has 88 valence electrons. The summed E-state index contributed by atoms with van der Waals surface area (Å²) in [6, 6.07) is 9.42. The fourth-order valence-electron chi connectivity index (χ4n) is 2.80. The van der Waals surface area contributed by atoms with E-state index in [1.165, 1.54) is 30.5 Å². The highest BCUT2D eigenvalue weighted by Gasteiger charge is 2.29. The zero-order valence-electron chi connectivity index (χ0n) is 10.3. The third-order valence-corrected chi connectivity index (χ3v) is 3.73. The van der Waals surface area contributed by atoms with Crippen LogP contribution < -0.4 is 5.73 Å². The van der Waals surface area contributed by atoms with Crippen molar-refractivity contribution in [1.29, 1.82) is 0 Å². The van der Waals surface area contributed by atoms with Crippen LogP contribution in [0.25, 0.3) is 0 Å². The Bertz CT molecular complexity index is 331. The molecule has 1 fully saturated rings. The highest BCUT2D eigenvalue weighted by atomic mass is 15.1. The first-order valence-electron chi connectivity index (χ1n) is 6.19. The number of aryl methyl sites for hydroxylation is 1. The number of rotatable bonds is 2. The van der Waals surface area contributed by atoms with Gasteiger partial charge in [-0.05, 0) is 51.4 Å². The van der Waals surface area contributed by atoms with Gasteiger partial charge in [-0.2, -0.15) is 0 Å². The van der Waals surface area contributed by atoms with Crippen molar-refractivity contribution in [2.75, 3.05) is 20.1 Å². The summed E-state index contributed by atoms with van der Waals surface area (Å²) in [5.41, 5.74) is 8.64. The molecule has 16 heavy (non-hydrogen) atoms. The van der Waals surface area contributed by atoms with Gasteiger partial charge in [-0.25, -0.2) is 0 Å². The normalized spacial score (nSPS) is 26.9. The molecule has 1 aromatic carbocycles. The van der Waals surface area contributed by atoms with E-state index in [-0.39, 0.29) is 0 Å². The van der Waals surface area contributed by atoms with Gasteiger partial charge in [-0.1, -0.05) is 29.8 Å². The molecule has 2 nitrogen and oxygen atoms in total. The van der Waals surface area contributed by atoms with Gasteiger partial charge in [0.2, 0.25) is 0 Å². The molecule has 1 saturated heterocycles. The molecule has 1 aromatic rings. The Morgan fingerprint density at radius 3 is 2.62 bits per heavy atom. The minimum atomic E-state index is 0.513. The third kappa shape index (κ3) is 2.28. The van der Waals surface area contributed by atoms with E-state index >= 15 is 0 Å². The van der Waals surface area contributed by atoms with Crippen molar-refractivity contribution in [1.82, 2.24) is 4.90 Å². The van der Waals surface area contributed by atoms with Gasteiger partial charge in [0.15, 0.2) is 0 Å². The van der Waals surface area contributed by atoms with E-state index in [4.69, 9.17) is 5.73 Å². The molecule has 0 aliphatic carbocycles. The highest BCUT2D eigenvalue weighted by molar-refractivity contribution is 5.25. The van der Waals surface area contributed by atoms with E-state index in [1.807, 2.05) is 0 Å². The highest BCUT2D eigenvalue weighted by Crippen LogP contribution is 2.34. The molecule has 2 atom stereocenters. The van der Waals surface area contributed by atoms with Gasteiger partial charge in [0.05, 0.1) is 0 Å². The standard InChI is InChI=1S/C14H22N2/c1-11-5-7-12(8-6-11)14-13(10-15)4-3-9-16(14)2/h5-8,13-14H,3-4,9-10,15H2,1-2H3. The predicted octanol–water partition coefficient (Wildman–Crippen LogP) is 2.34. The SMILES string of the molecule is Cc1ccc(C2C(CN)CCCN2C)cc1. The monoisotopic (exact) mass is 218 g/mol. The minimum absolute atomic E-state index is 0.513. The molecule has 0 radical (unpaired) electrons. The van der Waals surface area contributed by atoms with Crippen molar-refractivity contribution in [3.05, 3.63) is 35.4 Å². The quantitative estimate of drug-likeness (QED) is 0.825. The van der Waals surface area contributed by atoms with Gasteiger partial charge in [-0.15, -0.1) is 0 Å². The Hall–Kier alpha value is -0.860. The Labute approximate surface area is 98.4 Å². The summed E-state index contributed by atoms with van der Waals surface area (Å²) in [6.45, 7) is 4.12. The lowest BCUT2D eigenvalue weighted by Crippen LogP contribution is -2.39. The molecule has 0 bridgehead atoms. The van der Waals surface area contributed by atoms with Gasteiger partial charge >= 0.3 is 0 Å². The molecule has 0 saturated carbocycles. The van der Waals surface area contributed by atoms with Crippen LogP contribution in [0.4, 0.5) is 0 Å². The number of piperidine rings is 1. The van der Waals surface area contributed by atoms with Crippen molar-refractivity contribution in [3.63, 3.8) is 0 Å². The maximum absolute atomic E-state index is 5.90. The van der Waals surface area contributed by atoms with Crippen LogP contribution in [-0.2, 0) is 0 Å². The molecule has 0 spiro atoms. The van der Waals surface area contributed by atoms with E-state index in [0.29, 0.717) is 12.0 Å². The first-order valence-corrected chi connectivity index (χ1v) is 6.19. The lowest BCUT2D eigenvalue weighted by Gasteiger charge is -2.39. The maximum Gasteiger partial charge on any atom is 0.0385 e. The number of benzene rings is 1. The molecule has 0 amide bonds. The van der Waals surface area contributed by atoms with E-state index in [2.05, 4.69) is 43.1 Å². The molecule has 1 aliphatic rings. The van der Waals surface area contributed by atoms with Gasteiger partial charge in [0.1, 0.15) is 0 Å². The molecular formula is C14H22N2. The van der Waals surface area contributed by atoms with Crippen molar-refractivity contribution in [3.8, 4) is 0 Å². The summed E-state index contributed by atoms with van der Waals surface area (Å²) >= 11 is 0. The van der Waals surface area contributed by atoms with Crippen LogP contribution in [-0.4, -0.2) is 25.0 Å². The molecule has 2 heteroatoms. The third-order valence-electron chi connectivity index (χ3n) is 3.73. The Morgan fingerprint density at radius 1 is 1.31 bits per heavy atom. The number of hydrogen-bond acceptors (Lipinski definition) is 2. The van der Waals surface area contributed by atoms with Crippen LogP contribution in [0.15, 0.2) is 24.3 Å². The molecule has 0 aromatic heterocycles. The first kappa shape index (κ1) is 11.6. The molecule has 2 unspecified atom stereocenters. The van der Waals surface area contributed by atoms with Gasteiger partial charge in [0, 0.05) is 6.04 Å². The largest absolute Gasteiger partial charge is 0.330 e. The van der Waals surface area contributed by atoms with E-state index in [0.717, 1.165) is 6.54 Å². The lowest BCUT2D eigenvalue weighted by atomic mass is 9.85. The van der Waals surface area contributed by atoms with Crippen LogP contribution in [0.5, 0.6) is 0 Å². The van der Waals surface area contributed by atoms with Crippen molar-refractivity contribution in [2.24, 2.45) is 11.7 Å². The molecule has 2 rings (SSSR count). The summed E-state index contributed by atoms with van der Waals surface area (Å²) in [7, 11) is 2.21. The number of nitrogens with two attached hydrogens (primary N) is 1. The molecule has 2 N–H and O–H groups in total. The van der Waals surface area contributed by atoms with Crippen LogP contribution in [0.1, 0.15) is 30.0 Å². The van der Waals surface area contributed by atoms with E-state index in [9.17, 15) is 0 Å². The van der Waals surface area contributed by atoms with Crippen molar-refractivity contribution in [2.45, 2.75) is 25.8 Å². The second-order valence-electron chi connectivity index (χ2n) is 4.97. The zero-order chi connectivity index (χ0) is 11.5. The first-order chi connectivity index (χ1) is 7.72. The van der Waals surface area contributed by atoms with E-state index in [1.54, 1.807) is 0 Å². The fraction of sp³-hybridized carbons (Fsp3) is 0.571. The van der Waals surface area contributed by atoms with Gasteiger partial charge in [0.25, 0.3) is 0 Å². The molecular weight excluding hydrogens is 196 g/mol. The Morgan fingerprint density at radius 2 is 2.00 bits per heavy atom. The summed E-state index contributed by atoms with van der Waals surface area (Å²) in [6.07, 6.45) is 2.54. The van der Waals surface area contributed by atoms with E-state index < -0.39 is 0 Å². The van der Waals surface area contributed by atoms with Gasteiger partial charge < -0.3 is 5.73 Å². The van der Waals surface area contributed by atoms with Crippen LogP contribution in [0, 0.1) is 12.8 Å². The fourth-order valence-corrected chi connectivity index (χ4v) is 2.80. The summed E-state index contributed by atoms with van der Waals surface area (Å²) in [5.74, 6) is 0.612. The zero-order valence-corrected chi connectivity index (χ0v) is 10.3. The maximum atomic E-state index is 5.90. The summed E-state index contributed by atoms with van der Waals surface area (Å²) in [5, 5.41) is 0. The minimum Gasteiger partial charge on any atom is -0.330 e. The molecule has 1 aliphatic heterocycles. The second-order valence-corrected chi connectivity index (χ2v) is 4.97. The van der Waals surface area contributed by atoms with Crippen molar-refractivity contribution >= 4 is 0 Å². The Kier molecular flexibility index (Phi) is 3.62. The Balaban J connectivity index is 2.24. The smallest absolute Gasteiger partial charge is 0.0385 e. The number of hydrogen-bond donors (Lipinski definition) is 1. The number of likely N-dealkylation sites (tertiary alicyclic amines) is 1. The van der Waals surface area contributed by atoms with Gasteiger partial charge in [-0.3, -0.25) is 4.90 Å². The van der Waals surface area contributed by atoms with Crippen LogP contribution >= 0.6 is 0 Å². The summed E-state index contributed by atoms with van der Waals surface area (Å²) < 4.78 is 0. The topological polar surface area (TPSA) is 29.3 Å². The predicted molar refractivity (Wildman–Crippen MR) is 68.3 cm³/mol. The molecule has 1 heterocycles. The van der Waals surface area contributed by atoms with Crippen LogP contribution in [0.3, 0.4) is 0 Å². The summed E-state index contributed by atoms with van der Waals surface area (Å²) in [4.78, 5) is 2.45. The average Bonchev–Trinajstić information content (AvgIpc) is 2.30. The van der Waals surface area contributed by atoms with Crippen LogP contribution in [0.2, 0.25) is 0 Å². The average molecular weight is 218 g/mol. The number of nitrogens with zero attached hydrogens (tertiary/aromatic N) is 1. The van der Waals surface area contributed by atoms with Crippen molar-refractivity contribution < 1.29 is 0 Å².